The average molecular weight is 348 g/mol. The van der Waals surface area contributed by atoms with Gasteiger partial charge in [0.2, 0.25) is 0 Å². The van der Waals surface area contributed by atoms with E-state index >= 15 is 0 Å². The number of amides is 1. The Morgan fingerprint density at radius 1 is 1.26 bits per heavy atom. The van der Waals surface area contributed by atoms with E-state index in [1.165, 1.54) is 18.3 Å². The first-order valence-electron chi connectivity index (χ1n) is 6.46. The van der Waals surface area contributed by atoms with Crippen LogP contribution in [0, 0.1) is 30.2 Å². The Bertz CT molecular complexity index is 749. The average Bonchev–Trinajstić information content (AvgIpc) is 2.91. The van der Waals surface area contributed by atoms with Gasteiger partial charge in [0.1, 0.15) is 0 Å². The largest absolute Gasteiger partial charge is 0.391 e. The number of aliphatic hydroxyl groups is 1. The Hall–Kier alpha value is -2.00. The molecule has 2 atom stereocenters. The molecule has 0 radical (unpaired) electrons. The summed E-state index contributed by atoms with van der Waals surface area (Å²) in [6.07, 6.45) is -1.10. The van der Waals surface area contributed by atoms with E-state index in [9.17, 15) is 27.5 Å². The molecular weight excluding hydrogens is 336 g/mol. The number of benzene rings is 1. The molecule has 0 aliphatic carbocycles. The van der Waals surface area contributed by atoms with Crippen molar-refractivity contribution in [3.05, 3.63) is 51.0 Å². The highest BCUT2D eigenvalue weighted by atomic mass is 32.1. The summed E-state index contributed by atoms with van der Waals surface area (Å²) in [5.74, 6) is -8.77. The highest BCUT2D eigenvalue weighted by molar-refractivity contribution is 7.09. The number of rotatable bonds is 4. The van der Waals surface area contributed by atoms with Crippen molar-refractivity contribution in [1.82, 2.24) is 10.3 Å². The number of halogens is 4. The summed E-state index contributed by atoms with van der Waals surface area (Å²) in [5.41, 5.74) is -0.682. The maximum absolute atomic E-state index is 13.6. The molecule has 2 rings (SSSR count). The van der Waals surface area contributed by atoms with Crippen molar-refractivity contribution in [2.45, 2.75) is 26.0 Å². The van der Waals surface area contributed by atoms with Crippen LogP contribution in [0.3, 0.4) is 0 Å². The first-order valence-corrected chi connectivity index (χ1v) is 7.34. The van der Waals surface area contributed by atoms with Gasteiger partial charge in [0.15, 0.2) is 23.3 Å². The smallest absolute Gasteiger partial charge is 0.255 e. The number of nitrogens with one attached hydrogen (secondary N) is 1. The molecule has 0 saturated carbocycles. The molecule has 0 fully saturated rings. The zero-order valence-corrected chi connectivity index (χ0v) is 12.8. The fourth-order valence-corrected chi connectivity index (χ4v) is 2.57. The zero-order valence-electron chi connectivity index (χ0n) is 12.0. The van der Waals surface area contributed by atoms with Crippen molar-refractivity contribution in [3.63, 3.8) is 0 Å². The number of aromatic nitrogens is 1. The number of aryl methyl sites for hydroxylation is 1. The van der Waals surface area contributed by atoms with Crippen molar-refractivity contribution in [3.8, 4) is 0 Å². The minimum atomic E-state index is -2.08. The molecule has 1 aromatic heterocycles. The quantitative estimate of drug-likeness (QED) is 0.507. The molecular formula is C14H12F4N2O2S. The van der Waals surface area contributed by atoms with Crippen LogP contribution in [-0.2, 0) is 0 Å². The molecule has 4 nitrogen and oxygen atoms in total. The lowest BCUT2D eigenvalue weighted by atomic mass is 10.1. The first kappa shape index (κ1) is 17.4. The molecule has 9 heteroatoms. The summed E-state index contributed by atoms with van der Waals surface area (Å²) in [4.78, 5) is 16.1. The molecule has 1 amide bonds. The molecule has 23 heavy (non-hydrogen) atoms. The topological polar surface area (TPSA) is 62.2 Å². The van der Waals surface area contributed by atoms with Crippen LogP contribution in [0.4, 0.5) is 17.6 Å². The number of carbonyl (C=O) groups is 1. The third-order valence-corrected chi connectivity index (χ3v) is 3.86. The molecule has 1 heterocycles. The van der Waals surface area contributed by atoms with Gasteiger partial charge in [-0.3, -0.25) is 4.79 Å². The lowest BCUT2D eigenvalue weighted by Gasteiger charge is -2.20. The third-order valence-electron chi connectivity index (χ3n) is 3.07. The number of hydrogen-bond acceptors (Lipinski definition) is 4. The van der Waals surface area contributed by atoms with E-state index in [0.29, 0.717) is 10.7 Å². The fourth-order valence-electron chi connectivity index (χ4n) is 1.92. The molecule has 1 aromatic carbocycles. The predicted molar refractivity (Wildman–Crippen MR) is 75.0 cm³/mol. The molecule has 2 unspecified atom stereocenters. The molecule has 0 saturated heterocycles. The van der Waals surface area contributed by atoms with Gasteiger partial charge < -0.3 is 10.4 Å². The van der Waals surface area contributed by atoms with Crippen molar-refractivity contribution in [1.29, 1.82) is 0 Å². The van der Waals surface area contributed by atoms with Gasteiger partial charge in [-0.05, 0) is 19.9 Å². The Kier molecular flexibility index (Phi) is 5.00. The number of aliphatic hydroxyl groups excluding tert-OH is 1. The third kappa shape index (κ3) is 3.50. The Morgan fingerprint density at radius 3 is 2.43 bits per heavy atom. The number of thiazole rings is 1. The maximum Gasteiger partial charge on any atom is 0.255 e. The summed E-state index contributed by atoms with van der Waals surface area (Å²) >= 11 is 1.27. The van der Waals surface area contributed by atoms with Gasteiger partial charge in [0.05, 0.1) is 28.4 Å². The molecule has 0 aliphatic rings. The standard InChI is InChI=1S/C14H12F4N2O2S/c1-5(21)13(9-4-23-6(2)19-9)20-14(22)7-3-8(15)11(17)12(18)10(7)16/h3-5,13,21H,1-2H3,(H,20,22). The normalized spacial score (nSPS) is 13.7. The van der Waals surface area contributed by atoms with Crippen LogP contribution in [0.2, 0.25) is 0 Å². The van der Waals surface area contributed by atoms with E-state index in [2.05, 4.69) is 10.3 Å². The van der Waals surface area contributed by atoms with Gasteiger partial charge in [-0.15, -0.1) is 11.3 Å². The van der Waals surface area contributed by atoms with Crippen LogP contribution >= 0.6 is 11.3 Å². The van der Waals surface area contributed by atoms with Gasteiger partial charge in [-0.25, -0.2) is 22.5 Å². The molecule has 124 valence electrons. The molecule has 0 spiro atoms. The Morgan fingerprint density at radius 2 is 1.91 bits per heavy atom. The second-order valence-electron chi connectivity index (χ2n) is 4.83. The van der Waals surface area contributed by atoms with Gasteiger partial charge >= 0.3 is 0 Å². The lowest BCUT2D eigenvalue weighted by molar-refractivity contribution is 0.0849. The number of carbonyl (C=O) groups excluding carboxylic acids is 1. The van der Waals surface area contributed by atoms with Crippen molar-refractivity contribution in [2.24, 2.45) is 0 Å². The van der Waals surface area contributed by atoms with Gasteiger partial charge in [0.25, 0.3) is 5.91 Å². The second kappa shape index (κ2) is 6.63. The van der Waals surface area contributed by atoms with Crippen molar-refractivity contribution >= 4 is 17.2 Å². The summed E-state index contributed by atoms with van der Waals surface area (Å²) in [5, 5.41) is 14.2. The van der Waals surface area contributed by atoms with Crippen molar-refractivity contribution in [2.75, 3.05) is 0 Å². The minimum absolute atomic E-state index is 0.258. The summed E-state index contributed by atoms with van der Waals surface area (Å²) in [6.45, 7) is 3.07. The van der Waals surface area contributed by atoms with Gasteiger partial charge in [-0.2, -0.15) is 0 Å². The van der Waals surface area contributed by atoms with Crippen LogP contribution in [-0.4, -0.2) is 22.1 Å². The van der Waals surface area contributed by atoms with E-state index in [1.807, 2.05) is 0 Å². The second-order valence-corrected chi connectivity index (χ2v) is 5.89. The molecule has 0 bridgehead atoms. The summed E-state index contributed by atoms with van der Waals surface area (Å²) in [7, 11) is 0. The monoisotopic (exact) mass is 348 g/mol. The van der Waals surface area contributed by atoms with Crippen LogP contribution in [0.15, 0.2) is 11.4 Å². The van der Waals surface area contributed by atoms with Gasteiger partial charge in [-0.1, -0.05) is 0 Å². The molecule has 2 N–H and O–H groups in total. The first-order chi connectivity index (χ1) is 10.7. The van der Waals surface area contributed by atoms with Crippen molar-refractivity contribution < 1.29 is 27.5 Å². The highest BCUT2D eigenvalue weighted by Gasteiger charge is 2.27. The number of hydrogen-bond donors (Lipinski definition) is 2. The van der Waals surface area contributed by atoms with E-state index in [1.54, 1.807) is 12.3 Å². The van der Waals surface area contributed by atoms with Gasteiger partial charge in [0, 0.05) is 5.38 Å². The zero-order chi connectivity index (χ0) is 17.3. The summed E-state index contributed by atoms with van der Waals surface area (Å²) in [6, 6.07) is -0.753. The van der Waals surface area contributed by atoms with E-state index < -0.39 is 46.9 Å². The SMILES string of the molecule is Cc1nc(C(NC(=O)c2cc(F)c(F)c(F)c2F)C(C)O)cs1. The molecule has 2 aromatic rings. The maximum atomic E-state index is 13.6. The van der Waals surface area contributed by atoms with E-state index in [4.69, 9.17) is 0 Å². The summed E-state index contributed by atoms with van der Waals surface area (Å²) < 4.78 is 52.9. The Balaban J connectivity index is 2.33. The van der Waals surface area contributed by atoms with Crippen LogP contribution in [0.5, 0.6) is 0 Å². The fraction of sp³-hybridized carbons (Fsp3) is 0.286. The van der Waals surface area contributed by atoms with Crippen LogP contribution in [0.1, 0.15) is 34.0 Å². The van der Waals surface area contributed by atoms with Crippen LogP contribution < -0.4 is 5.32 Å². The minimum Gasteiger partial charge on any atom is -0.391 e. The Labute approximate surface area is 132 Å². The van der Waals surface area contributed by atoms with E-state index in [0.717, 1.165) is 0 Å². The number of nitrogens with zero attached hydrogens (tertiary/aromatic N) is 1. The van der Waals surface area contributed by atoms with Crippen LogP contribution in [0.25, 0.3) is 0 Å². The lowest BCUT2D eigenvalue weighted by Crippen LogP contribution is -2.36. The highest BCUT2D eigenvalue weighted by Crippen LogP contribution is 2.22. The predicted octanol–water partition coefficient (Wildman–Crippen LogP) is 2.86. The van der Waals surface area contributed by atoms with E-state index in [-0.39, 0.29) is 6.07 Å². The molecule has 0 aliphatic heterocycles.